The summed E-state index contributed by atoms with van der Waals surface area (Å²) in [6.45, 7) is 1.95. The minimum atomic E-state index is 0.496. The Labute approximate surface area is 116 Å². The molecule has 0 radical (unpaired) electrons. The zero-order valence-corrected chi connectivity index (χ0v) is 11.6. The van der Waals surface area contributed by atoms with Gasteiger partial charge in [0.15, 0.2) is 5.82 Å². The number of aromatic nitrogens is 4. The summed E-state index contributed by atoms with van der Waals surface area (Å²) in [5, 5.41) is 5.18. The molecule has 4 nitrogen and oxygen atoms in total. The van der Waals surface area contributed by atoms with Crippen molar-refractivity contribution in [2.75, 3.05) is 0 Å². The molecule has 5 heteroatoms. The van der Waals surface area contributed by atoms with Crippen molar-refractivity contribution in [3.8, 4) is 5.82 Å². The van der Waals surface area contributed by atoms with Crippen LogP contribution in [0.5, 0.6) is 0 Å². The molecule has 2 aromatic rings. The molecule has 98 valence electrons. The average Bonchev–Trinajstić information content (AvgIpc) is 3.31. The molecule has 2 heterocycles. The Bertz CT molecular complexity index is 641. The lowest BCUT2D eigenvalue weighted by Gasteiger charge is -2.08. The van der Waals surface area contributed by atoms with Crippen molar-refractivity contribution in [3.63, 3.8) is 0 Å². The van der Waals surface area contributed by atoms with Gasteiger partial charge in [0.05, 0.1) is 5.69 Å². The smallest absolute Gasteiger partial charge is 0.161 e. The molecule has 0 amide bonds. The highest BCUT2D eigenvalue weighted by Gasteiger charge is 2.29. The first kappa shape index (κ1) is 11.4. The molecule has 2 aromatic heterocycles. The molecular formula is C14H15ClN4. The monoisotopic (exact) mass is 274 g/mol. The van der Waals surface area contributed by atoms with Crippen LogP contribution >= 0.6 is 11.6 Å². The molecule has 0 aromatic carbocycles. The van der Waals surface area contributed by atoms with E-state index >= 15 is 0 Å². The van der Waals surface area contributed by atoms with Crippen molar-refractivity contribution in [3.05, 3.63) is 34.5 Å². The van der Waals surface area contributed by atoms with Crippen LogP contribution in [0.2, 0.25) is 5.15 Å². The maximum absolute atomic E-state index is 6.23. The first-order valence-electron chi connectivity index (χ1n) is 6.82. The van der Waals surface area contributed by atoms with E-state index in [1.54, 1.807) is 0 Å². The van der Waals surface area contributed by atoms with Crippen LogP contribution in [0, 0.1) is 6.92 Å². The second-order valence-corrected chi connectivity index (χ2v) is 5.91. The summed E-state index contributed by atoms with van der Waals surface area (Å²) in [6.07, 6.45) is 6.84. The van der Waals surface area contributed by atoms with E-state index in [0.29, 0.717) is 17.0 Å². The minimum absolute atomic E-state index is 0.496. The molecule has 0 N–H and O–H groups in total. The first-order valence-corrected chi connectivity index (χ1v) is 7.20. The Balaban J connectivity index is 1.78. The van der Waals surface area contributed by atoms with Crippen LogP contribution in [0.15, 0.2) is 12.3 Å². The molecule has 2 saturated carbocycles. The molecule has 19 heavy (non-hydrogen) atoms. The minimum Gasteiger partial charge on any atom is -0.222 e. The summed E-state index contributed by atoms with van der Waals surface area (Å²) in [5.41, 5.74) is 2.07. The van der Waals surface area contributed by atoms with Gasteiger partial charge in [-0.3, -0.25) is 0 Å². The predicted molar refractivity (Wildman–Crippen MR) is 72.9 cm³/mol. The van der Waals surface area contributed by atoms with Crippen molar-refractivity contribution in [1.82, 2.24) is 19.7 Å². The Hall–Kier alpha value is -1.42. The maximum atomic E-state index is 6.23. The van der Waals surface area contributed by atoms with Gasteiger partial charge in [-0.15, -0.1) is 0 Å². The molecule has 0 bridgehead atoms. The van der Waals surface area contributed by atoms with Gasteiger partial charge in [-0.1, -0.05) is 11.6 Å². The largest absolute Gasteiger partial charge is 0.222 e. The van der Waals surface area contributed by atoms with Crippen LogP contribution in [0.3, 0.4) is 0 Å². The molecule has 2 aliphatic carbocycles. The molecule has 2 aliphatic rings. The third-order valence-corrected chi connectivity index (χ3v) is 4.21. The standard InChI is InChI=1S/C14H15ClN4/c1-8-12(15)16-13(10-4-5-10)17-14(8)19-7-6-11(18-19)9-2-3-9/h6-7,9-10H,2-5H2,1H3. The van der Waals surface area contributed by atoms with Crippen LogP contribution < -0.4 is 0 Å². The molecule has 0 unspecified atom stereocenters. The Kier molecular flexibility index (Phi) is 2.42. The van der Waals surface area contributed by atoms with Gasteiger partial charge in [-0.05, 0) is 38.7 Å². The molecule has 2 fully saturated rings. The SMILES string of the molecule is Cc1c(Cl)nc(C2CC2)nc1-n1ccc(C2CC2)n1. The Morgan fingerprint density at radius 2 is 1.89 bits per heavy atom. The van der Waals surface area contributed by atoms with Crippen molar-refractivity contribution in [1.29, 1.82) is 0 Å². The second kappa shape index (κ2) is 4.04. The Morgan fingerprint density at radius 1 is 1.16 bits per heavy atom. The number of hydrogen-bond donors (Lipinski definition) is 0. The van der Waals surface area contributed by atoms with E-state index in [9.17, 15) is 0 Å². The normalized spacial score (nSPS) is 18.8. The topological polar surface area (TPSA) is 43.6 Å². The van der Waals surface area contributed by atoms with Crippen LogP contribution in [0.25, 0.3) is 5.82 Å². The van der Waals surface area contributed by atoms with Crippen molar-refractivity contribution < 1.29 is 0 Å². The van der Waals surface area contributed by atoms with E-state index in [1.807, 2.05) is 17.8 Å². The molecule has 0 atom stereocenters. The lowest BCUT2D eigenvalue weighted by Crippen LogP contribution is -2.07. The highest BCUT2D eigenvalue weighted by Crippen LogP contribution is 2.40. The van der Waals surface area contributed by atoms with Gasteiger partial charge in [0.2, 0.25) is 0 Å². The fourth-order valence-electron chi connectivity index (χ4n) is 2.29. The van der Waals surface area contributed by atoms with E-state index in [-0.39, 0.29) is 0 Å². The van der Waals surface area contributed by atoms with Gasteiger partial charge >= 0.3 is 0 Å². The van der Waals surface area contributed by atoms with Gasteiger partial charge in [-0.25, -0.2) is 14.6 Å². The number of hydrogen-bond acceptors (Lipinski definition) is 3. The average molecular weight is 275 g/mol. The highest BCUT2D eigenvalue weighted by atomic mass is 35.5. The van der Waals surface area contributed by atoms with E-state index in [1.165, 1.54) is 31.4 Å². The summed E-state index contributed by atoms with van der Waals surface area (Å²) in [5.74, 6) is 2.85. The summed E-state index contributed by atoms with van der Waals surface area (Å²) >= 11 is 6.23. The predicted octanol–water partition coefficient (Wildman–Crippen LogP) is 3.38. The van der Waals surface area contributed by atoms with Crippen molar-refractivity contribution in [2.24, 2.45) is 0 Å². The zero-order valence-electron chi connectivity index (χ0n) is 10.8. The molecule has 0 aliphatic heterocycles. The van der Waals surface area contributed by atoms with Gasteiger partial charge in [0, 0.05) is 23.6 Å². The van der Waals surface area contributed by atoms with E-state index in [0.717, 1.165) is 17.2 Å². The molecule has 0 saturated heterocycles. The third kappa shape index (κ3) is 2.04. The number of nitrogens with zero attached hydrogens (tertiary/aromatic N) is 4. The summed E-state index contributed by atoms with van der Waals surface area (Å²) in [4.78, 5) is 9.05. The molecule has 0 spiro atoms. The second-order valence-electron chi connectivity index (χ2n) is 5.55. The maximum Gasteiger partial charge on any atom is 0.161 e. The zero-order chi connectivity index (χ0) is 13.0. The summed E-state index contributed by atoms with van der Waals surface area (Å²) < 4.78 is 1.85. The van der Waals surface area contributed by atoms with Gasteiger partial charge < -0.3 is 0 Å². The van der Waals surface area contributed by atoms with E-state index in [2.05, 4.69) is 21.1 Å². The summed E-state index contributed by atoms with van der Waals surface area (Å²) in [7, 11) is 0. The number of halogens is 1. The fraction of sp³-hybridized carbons (Fsp3) is 0.500. The quantitative estimate of drug-likeness (QED) is 0.806. The summed E-state index contributed by atoms with van der Waals surface area (Å²) in [6, 6.07) is 2.09. The van der Waals surface area contributed by atoms with Crippen molar-refractivity contribution in [2.45, 2.75) is 44.4 Å². The van der Waals surface area contributed by atoms with E-state index in [4.69, 9.17) is 11.6 Å². The van der Waals surface area contributed by atoms with Crippen molar-refractivity contribution >= 4 is 11.6 Å². The van der Waals surface area contributed by atoms with Crippen LogP contribution in [0.4, 0.5) is 0 Å². The molecule has 4 rings (SSSR count). The third-order valence-electron chi connectivity index (χ3n) is 3.84. The Morgan fingerprint density at radius 3 is 2.58 bits per heavy atom. The van der Waals surface area contributed by atoms with Crippen LogP contribution in [0.1, 0.15) is 54.6 Å². The lowest BCUT2D eigenvalue weighted by atomic mass is 10.3. The van der Waals surface area contributed by atoms with Gasteiger partial charge in [-0.2, -0.15) is 5.10 Å². The highest BCUT2D eigenvalue weighted by molar-refractivity contribution is 6.30. The number of rotatable bonds is 3. The van der Waals surface area contributed by atoms with Gasteiger partial charge in [0.1, 0.15) is 11.0 Å². The van der Waals surface area contributed by atoms with Gasteiger partial charge in [0.25, 0.3) is 0 Å². The molecular weight excluding hydrogens is 260 g/mol. The van der Waals surface area contributed by atoms with Crippen LogP contribution in [-0.4, -0.2) is 19.7 Å². The van der Waals surface area contributed by atoms with E-state index < -0.39 is 0 Å². The lowest BCUT2D eigenvalue weighted by molar-refractivity contribution is 0.779. The first-order chi connectivity index (χ1) is 9.22. The fourth-order valence-corrected chi connectivity index (χ4v) is 2.47. The van der Waals surface area contributed by atoms with Crippen LogP contribution in [-0.2, 0) is 0 Å².